The second-order valence-electron chi connectivity index (χ2n) is 12.3. The van der Waals surface area contributed by atoms with E-state index in [0.717, 1.165) is 22.9 Å². The number of nitrogens with zero attached hydrogens (tertiary/aromatic N) is 1. The van der Waals surface area contributed by atoms with Crippen molar-refractivity contribution < 1.29 is 23.6 Å². The molecule has 0 unspecified atom stereocenters. The number of benzene rings is 2. The van der Waals surface area contributed by atoms with Crippen LogP contribution >= 0.6 is 0 Å². The van der Waals surface area contributed by atoms with E-state index < -0.39 is 29.8 Å². The lowest BCUT2D eigenvalue weighted by atomic mass is 9.92. The Bertz CT molecular complexity index is 1490. The zero-order chi connectivity index (χ0) is 30.7. The Labute approximate surface area is 251 Å². The second-order valence-corrected chi connectivity index (χ2v) is 12.3. The second kappa shape index (κ2) is 13.0. The molecule has 2 saturated heterocycles. The van der Waals surface area contributed by atoms with Gasteiger partial charge >= 0.3 is 0 Å². The van der Waals surface area contributed by atoms with Gasteiger partial charge in [0, 0.05) is 54.1 Å². The summed E-state index contributed by atoms with van der Waals surface area (Å²) in [5.41, 5.74) is 2.09. The normalized spacial score (nSPS) is 25.4. The fraction of sp³-hybridized carbons (Fsp3) is 0.455. The maximum atomic E-state index is 14.3. The van der Waals surface area contributed by atoms with E-state index >= 15 is 0 Å². The van der Waals surface area contributed by atoms with Crippen LogP contribution in [0.25, 0.3) is 10.9 Å². The number of para-hydroxylation sites is 1. The van der Waals surface area contributed by atoms with Crippen LogP contribution in [-0.2, 0) is 20.8 Å². The van der Waals surface area contributed by atoms with E-state index in [1.165, 1.54) is 29.2 Å². The van der Waals surface area contributed by atoms with E-state index in [0.29, 0.717) is 6.42 Å². The molecule has 4 amide bonds. The molecule has 43 heavy (non-hydrogen) atoms. The summed E-state index contributed by atoms with van der Waals surface area (Å²) in [6.45, 7) is 6.20. The Morgan fingerprint density at radius 2 is 1.79 bits per heavy atom. The molecule has 5 rings (SSSR count). The van der Waals surface area contributed by atoms with E-state index in [-0.39, 0.29) is 67.0 Å². The highest BCUT2D eigenvalue weighted by Gasteiger charge is 2.43. The van der Waals surface area contributed by atoms with Gasteiger partial charge in [-0.3, -0.25) is 19.2 Å². The van der Waals surface area contributed by atoms with Crippen molar-refractivity contribution in [3.63, 3.8) is 0 Å². The van der Waals surface area contributed by atoms with Crippen LogP contribution in [0.15, 0.2) is 54.7 Å². The molecular weight excluding hydrogens is 549 g/mol. The van der Waals surface area contributed by atoms with Gasteiger partial charge in [0.15, 0.2) is 0 Å². The molecule has 2 aromatic carbocycles. The molecule has 3 heterocycles. The number of halogens is 1. The van der Waals surface area contributed by atoms with E-state index in [9.17, 15) is 23.6 Å². The van der Waals surface area contributed by atoms with Crippen molar-refractivity contribution in [2.24, 2.45) is 11.8 Å². The average Bonchev–Trinajstić information content (AvgIpc) is 3.58. The lowest BCUT2D eigenvalue weighted by Crippen LogP contribution is -2.55. The zero-order valence-corrected chi connectivity index (χ0v) is 24.9. The summed E-state index contributed by atoms with van der Waals surface area (Å²) >= 11 is 0. The van der Waals surface area contributed by atoms with E-state index in [1.54, 1.807) is 0 Å². The maximum Gasteiger partial charge on any atom is 0.251 e. The fourth-order valence-electron chi connectivity index (χ4n) is 6.21. The largest absolute Gasteiger partial charge is 0.361 e. The quantitative estimate of drug-likeness (QED) is 0.363. The van der Waals surface area contributed by atoms with Crippen LogP contribution in [0.2, 0.25) is 0 Å². The molecule has 10 heteroatoms. The summed E-state index contributed by atoms with van der Waals surface area (Å²) in [4.78, 5) is 59.0. The van der Waals surface area contributed by atoms with Crippen molar-refractivity contribution in [2.45, 2.75) is 77.0 Å². The van der Waals surface area contributed by atoms with Gasteiger partial charge in [-0.15, -0.1) is 0 Å². The lowest BCUT2D eigenvalue weighted by Gasteiger charge is -2.30. The van der Waals surface area contributed by atoms with E-state index in [2.05, 4.69) is 20.9 Å². The summed E-state index contributed by atoms with van der Waals surface area (Å²) in [6, 6.07) is 10.6. The predicted molar refractivity (Wildman–Crippen MR) is 161 cm³/mol. The van der Waals surface area contributed by atoms with Gasteiger partial charge < -0.3 is 25.8 Å². The highest BCUT2D eigenvalue weighted by atomic mass is 19.1. The first-order valence-electron chi connectivity index (χ1n) is 15.1. The molecule has 0 bridgehead atoms. The number of carbonyl (C=O) groups excluding carboxylic acids is 4. The van der Waals surface area contributed by atoms with Gasteiger partial charge in [0.2, 0.25) is 17.7 Å². The molecule has 0 saturated carbocycles. The Kier molecular flexibility index (Phi) is 9.13. The van der Waals surface area contributed by atoms with Crippen LogP contribution in [0.1, 0.15) is 62.4 Å². The van der Waals surface area contributed by atoms with Crippen molar-refractivity contribution in [3.05, 3.63) is 71.7 Å². The van der Waals surface area contributed by atoms with E-state index in [4.69, 9.17) is 0 Å². The number of nitrogens with one attached hydrogen (secondary N) is 4. The summed E-state index contributed by atoms with van der Waals surface area (Å²) < 4.78 is 13.4. The molecule has 3 aromatic rings. The number of aromatic nitrogens is 1. The number of rotatable bonds is 5. The van der Waals surface area contributed by atoms with Gasteiger partial charge in [0.1, 0.15) is 17.9 Å². The number of carbonyl (C=O) groups is 4. The molecule has 2 aliphatic heterocycles. The Balaban J connectivity index is 1.45. The molecule has 2 aliphatic rings. The Morgan fingerprint density at radius 1 is 1.05 bits per heavy atom. The lowest BCUT2D eigenvalue weighted by molar-refractivity contribution is -0.141. The maximum absolute atomic E-state index is 14.3. The molecule has 5 atom stereocenters. The molecule has 4 N–H and O–H groups in total. The van der Waals surface area contributed by atoms with Gasteiger partial charge in [-0.2, -0.15) is 0 Å². The number of aromatic amines is 1. The topological polar surface area (TPSA) is 123 Å². The summed E-state index contributed by atoms with van der Waals surface area (Å²) in [5.74, 6) is -1.47. The average molecular weight is 590 g/mol. The van der Waals surface area contributed by atoms with Crippen LogP contribution in [0.3, 0.4) is 0 Å². The third-order valence-electron chi connectivity index (χ3n) is 8.70. The third-order valence-corrected chi connectivity index (χ3v) is 8.70. The highest BCUT2D eigenvalue weighted by Crippen LogP contribution is 2.25. The molecule has 0 spiro atoms. The van der Waals surface area contributed by atoms with Gasteiger partial charge in [0.05, 0.1) is 0 Å². The summed E-state index contributed by atoms with van der Waals surface area (Å²) in [6.07, 6.45) is 4.05. The molecule has 0 radical (unpaired) electrons. The molecule has 1 aromatic heterocycles. The standard InChI is InChI=1S/C33H40FN5O4/c1-19(2)26-13-8-20(3)14-30(40)37-28(15-22-17-35-27-7-5-4-6-25(22)27)33(43)39-18-24(16-29(39)32(42)38-26)36-31(41)21-9-11-23(34)12-10-21/h4-7,9-12,17,19-20,24,26,28-29,35H,8,13-16,18H2,1-3H3,(H,36,41)(H,37,40)(H,38,42)/t20-,24-,26+,28-,29+/m1/s1. The summed E-state index contributed by atoms with van der Waals surface area (Å²) in [7, 11) is 0. The van der Waals surface area contributed by atoms with E-state index in [1.807, 2.05) is 51.2 Å². The fourth-order valence-corrected chi connectivity index (χ4v) is 6.21. The first-order valence-corrected chi connectivity index (χ1v) is 15.1. The minimum atomic E-state index is -0.901. The van der Waals surface area contributed by atoms with Crippen LogP contribution in [0.4, 0.5) is 4.39 Å². The smallest absolute Gasteiger partial charge is 0.251 e. The molecule has 2 fully saturated rings. The monoisotopic (exact) mass is 589 g/mol. The number of H-pyrrole nitrogens is 1. The minimum Gasteiger partial charge on any atom is -0.361 e. The number of fused-ring (bicyclic) bond motifs is 2. The number of hydrogen-bond acceptors (Lipinski definition) is 4. The van der Waals surface area contributed by atoms with Crippen LogP contribution < -0.4 is 16.0 Å². The zero-order valence-electron chi connectivity index (χ0n) is 24.9. The highest BCUT2D eigenvalue weighted by molar-refractivity contribution is 5.96. The third kappa shape index (κ3) is 7.06. The number of amides is 4. The SMILES string of the molecule is CC(C)[C@@H]1CC[C@@H](C)CC(=O)N[C@H](Cc2c[nH]c3ccccc23)C(=O)N2C[C@H](NC(=O)c3ccc(F)cc3)C[C@H]2C(=O)N1. The minimum absolute atomic E-state index is 0.0774. The van der Waals surface area contributed by atoms with Crippen LogP contribution in [0.5, 0.6) is 0 Å². The van der Waals surface area contributed by atoms with Crippen LogP contribution in [0, 0.1) is 17.7 Å². The van der Waals surface area contributed by atoms with Crippen molar-refractivity contribution in [3.8, 4) is 0 Å². The van der Waals surface area contributed by atoms with Crippen molar-refractivity contribution in [2.75, 3.05) is 6.54 Å². The first-order chi connectivity index (χ1) is 20.6. The van der Waals surface area contributed by atoms with Crippen LogP contribution in [-0.4, -0.2) is 64.2 Å². The Morgan fingerprint density at radius 3 is 2.53 bits per heavy atom. The van der Waals surface area contributed by atoms with Crippen molar-refractivity contribution >= 4 is 34.5 Å². The summed E-state index contributed by atoms with van der Waals surface area (Å²) in [5, 5.41) is 10.0. The first kappa shape index (κ1) is 30.3. The number of hydrogen-bond donors (Lipinski definition) is 4. The van der Waals surface area contributed by atoms with Crippen molar-refractivity contribution in [1.82, 2.24) is 25.8 Å². The predicted octanol–water partition coefficient (Wildman–Crippen LogP) is 3.69. The molecule has 228 valence electrons. The molecule has 9 nitrogen and oxygen atoms in total. The molecular formula is C33H40FN5O4. The molecule has 0 aliphatic carbocycles. The van der Waals surface area contributed by atoms with Gasteiger partial charge in [-0.25, -0.2) is 4.39 Å². The Hall–Kier alpha value is -4.21. The van der Waals surface area contributed by atoms with Crippen molar-refractivity contribution in [1.29, 1.82) is 0 Å². The van der Waals surface area contributed by atoms with Gasteiger partial charge in [-0.05, 0) is 67.0 Å². The van der Waals surface area contributed by atoms with Gasteiger partial charge in [0.25, 0.3) is 5.91 Å². The van der Waals surface area contributed by atoms with Gasteiger partial charge in [-0.1, -0.05) is 39.0 Å².